The molecule has 2 aromatic carbocycles. The second kappa shape index (κ2) is 6.35. The van der Waals surface area contributed by atoms with Crippen molar-refractivity contribution in [3.63, 3.8) is 0 Å². The topological polar surface area (TPSA) is 54.7 Å². The van der Waals surface area contributed by atoms with E-state index in [0.717, 1.165) is 17.8 Å². The maximum absolute atomic E-state index is 4.50. The second-order valence-electron chi connectivity index (χ2n) is 4.80. The first-order valence-electron chi connectivity index (χ1n) is 6.79. The van der Waals surface area contributed by atoms with Gasteiger partial charge in [0.25, 0.3) is 0 Å². The molecule has 0 atom stereocenters. The van der Waals surface area contributed by atoms with Gasteiger partial charge in [0.2, 0.25) is 0 Å². The molecular weight excluding hydrogens is 246 g/mol. The molecule has 0 radical (unpaired) electrons. The summed E-state index contributed by atoms with van der Waals surface area (Å²) in [5.41, 5.74) is 9.43. The number of imidazole rings is 1. The first-order valence-corrected chi connectivity index (χ1v) is 6.79. The van der Waals surface area contributed by atoms with Gasteiger partial charge in [0.15, 0.2) is 0 Å². The SMILES string of the molecule is CN.Cc1cc(Cc2nc[nH]c2C)c2ccccc2c1. The van der Waals surface area contributed by atoms with E-state index in [0.29, 0.717) is 0 Å². The van der Waals surface area contributed by atoms with E-state index in [4.69, 9.17) is 0 Å². The van der Waals surface area contributed by atoms with Crippen molar-refractivity contribution in [1.29, 1.82) is 0 Å². The van der Waals surface area contributed by atoms with Crippen LogP contribution in [-0.4, -0.2) is 17.0 Å². The molecule has 0 fully saturated rings. The summed E-state index contributed by atoms with van der Waals surface area (Å²) >= 11 is 0. The van der Waals surface area contributed by atoms with Gasteiger partial charge in [0, 0.05) is 12.1 Å². The number of H-pyrrole nitrogens is 1. The van der Waals surface area contributed by atoms with Crippen molar-refractivity contribution in [2.45, 2.75) is 20.3 Å². The molecule has 0 aliphatic heterocycles. The van der Waals surface area contributed by atoms with Gasteiger partial charge in [-0.2, -0.15) is 0 Å². The molecule has 20 heavy (non-hydrogen) atoms. The van der Waals surface area contributed by atoms with Crippen LogP contribution in [0.4, 0.5) is 0 Å². The summed E-state index contributed by atoms with van der Waals surface area (Å²) in [6.07, 6.45) is 2.65. The maximum Gasteiger partial charge on any atom is 0.0925 e. The zero-order valence-electron chi connectivity index (χ0n) is 12.3. The number of rotatable bonds is 2. The molecule has 0 bridgehead atoms. The molecule has 3 rings (SSSR count). The Morgan fingerprint density at radius 2 is 1.85 bits per heavy atom. The quantitative estimate of drug-likeness (QED) is 0.748. The molecule has 0 amide bonds. The van der Waals surface area contributed by atoms with Crippen LogP contribution in [0.1, 0.15) is 22.5 Å². The van der Waals surface area contributed by atoms with Crippen molar-refractivity contribution in [3.05, 3.63) is 65.2 Å². The van der Waals surface area contributed by atoms with Gasteiger partial charge in [-0.25, -0.2) is 4.98 Å². The van der Waals surface area contributed by atoms with Crippen LogP contribution >= 0.6 is 0 Å². The van der Waals surface area contributed by atoms with Gasteiger partial charge in [-0.1, -0.05) is 42.0 Å². The lowest BCUT2D eigenvalue weighted by molar-refractivity contribution is 1.09. The van der Waals surface area contributed by atoms with Gasteiger partial charge in [-0.3, -0.25) is 0 Å². The van der Waals surface area contributed by atoms with Crippen LogP contribution in [0.25, 0.3) is 10.8 Å². The summed E-state index contributed by atoms with van der Waals surface area (Å²) in [6.45, 7) is 4.22. The zero-order valence-corrected chi connectivity index (χ0v) is 12.3. The number of nitrogens with one attached hydrogen (secondary N) is 1. The predicted molar refractivity (Wildman–Crippen MR) is 84.9 cm³/mol. The number of nitrogens with two attached hydrogens (primary N) is 1. The summed E-state index contributed by atoms with van der Waals surface area (Å²) in [7, 11) is 1.50. The normalized spacial score (nSPS) is 10.2. The number of hydrogen-bond acceptors (Lipinski definition) is 2. The van der Waals surface area contributed by atoms with Gasteiger partial charge >= 0.3 is 0 Å². The summed E-state index contributed by atoms with van der Waals surface area (Å²) in [4.78, 5) is 7.53. The molecule has 0 unspecified atom stereocenters. The fraction of sp³-hybridized carbons (Fsp3) is 0.235. The molecule has 0 saturated carbocycles. The molecule has 3 nitrogen and oxygen atoms in total. The van der Waals surface area contributed by atoms with Gasteiger partial charge < -0.3 is 10.7 Å². The highest BCUT2D eigenvalue weighted by atomic mass is 14.9. The predicted octanol–water partition coefficient (Wildman–Crippen LogP) is 3.35. The molecule has 3 N–H and O–H groups in total. The molecule has 3 aromatic rings. The largest absolute Gasteiger partial charge is 0.348 e. The number of hydrogen-bond donors (Lipinski definition) is 2. The Balaban J connectivity index is 0.000000704. The highest BCUT2D eigenvalue weighted by Crippen LogP contribution is 2.23. The standard InChI is InChI=1S/C16H16N2.CH5N/c1-11-7-13-5-3-4-6-15(13)14(8-11)9-16-12(2)17-10-18-16;1-2/h3-8,10H,9H2,1-2H3,(H,17,18);2H2,1H3. The van der Waals surface area contributed by atoms with Crippen LogP contribution in [-0.2, 0) is 6.42 Å². The number of benzene rings is 2. The lowest BCUT2D eigenvalue weighted by Crippen LogP contribution is -1.93. The molecule has 1 heterocycles. The molecule has 0 spiro atoms. The Hall–Kier alpha value is -2.13. The van der Waals surface area contributed by atoms with E-state index in [1.165, 1.54) is 28.9 Å². The third-order valence-electron chi connectivity index (χ3n) is 3.38. The van der Waals surface area contributed by atoms with Crippen molar-refractivity contribution in [1.82, 2.24) is 9.97 Å². The van der Waals surface area contributed by atoms with Crippen LogP contribution < -0.4 is 5.73 Å². The van der Waals surface area contributed by atoms with E-state index in [-0.39, 0.29) is 0 Å². The molecule has 0 aliphatic rings. The van der Waals surface area contributed by atoms with E-state index in [1.54, 1.807) is 6.33 Å². The number of fused-ring (bicyclic) bond motifs is 1. The Bertz CT molecular complexity index is 698. The van der Waals surface area contributed by atoms with Crippen LogP contribution in [0.3, 0.4) is 0 Å². The Morgan fingerprint density at radius 1 is 1.10 bits per heavy atom. The number of aromatic nitrogens is 2. The van der Waals surface area contributed by atoms with E-state index in [9.17, 15) is 0 Å². The molecular formula is C17H21N3. The minimum atomic E-state index is 0.886. The lowest BCUT2D eigenvalue weighted by Gasteiger charge is -2.08. The van der Waals surface area contributed by atoms with Crippen LogP contribution in [0.15, 0.2) is 42.7 Å². The first kappa shape index (κ1) is 14.3. The van der Waals surface area contributed by atoms with Crippen LogP contribution in [0, 0.1) is 13.8 Å². The third-order valence-corrected chi connectivity index (χ3v) is 3.38. The number of aromatic amines is 1. The summed E-state index contributed by atoms with van der Waals surface area (Å²) in [5.74, 6) is 0. The van der Waals surface area contributed by atoms with Crippen molar-refractivity contribution >= 4 is 10.8 Å². The maximum atomic E-state index is 4.50. The highest BCUT2D eigenvalue weighted by Gasteiger charge is 2.07. The first-order chi connectivity index (χ1) is 9.74. The van der Waals surface area contributed by atoms with Gasteiger partial charge in [0.1, 0.15) is 0 Å². The van der Waals surface area contributed by atoms with Crippen molar-refractivity contribution in [2.75, 3.05) is 7.05 Å². The lowest BCUT2D eigenvalue weighted by atomic mass is 9.98. The number of aryl methyl sites for hydroxylation is 2. The fourth-order valence-corrected chi connectivity index (χ4v) is 2.45. The Kier molecular flexibility index (Phi) is 4.53. The average Bonchev–Trinajstić information content (AvgIpc) is 2.86. The molecule has 3 heteroatoms. The third kappa shape index (κ3) is 2.89. The monoisotopic (exact) mass is 267 g/mol. The highest BCUT2D eigenvalue weighted by molar-refractivity contribution is 5.86. The van der Waals surface area contributed by atoms with Crippen LogP contribution in [0.5, 0.6) is 0 Å². The minimum absolute atomic E-state index is 0.886. The van der Waals surface area contributed by atoms with E-state index >= 15 is 0 Å². The zero-order chi connectivity index (χ0) is 14.5. The summed E-state index contributed by atoms with van der Waals surface area (Å²) in [6, 6.07) is 13.0. The van der Waals surface area contributed by atoms with Crippen molar-refractivity contribution < 1.29 is 0 Å². The van der Waals surface area contributed by atoms with Gasteiger partial charge in [-0.15, -0.1) is 0 Å². The van der Waals surface area contributed by atoms with Crippen LogP contribution in [0.2, 0.25) is 0 Å². The smallest absolute Gasteiger partial charge is 0.0925 e. The van der Waals surface area contributed by atoms with Gasteiger partial charge in [-0.05, 0) is 37.2 Å². The van der Waals surface area contributed by atoms with Crippen molar-refractivity contribution in [2.24, 2.45) is 5.73 Å². The summed E-state index contributed by atoms with van der Waals surface area (Å²) in [5, 5.41) is 2.63. The van der Waals surface area contributed by atoms with E-state index < -0.39 is 0 Å². The molecule has 104 valence electrons. The molecule has 1 aromatic heterocycles. The van der Waals surface area contributed by atoms with Gasteiger partial charge in [0.05, 0.1) is 12.0 Å². The molecule has 0 saturated heterocycles. The summed E-state index contributed by atoms with van der Waals surface area (Å²) < 4.78 is 0. The second-order valence-corrected chi connectivity index (χ2v) is 4.80. The fourth-order valence-electron chi connectivity index (χ4n) is 2.45. The Labute approximate surface area is 119 Å². The minimum Gasteiger partial charge on any atom is -0.348 e. The van der Waals surface area contributed by atoms with E-state index in [2.05, 4.69) is 65.9 Å². The van der Waals surface area contributed by atoms with Crippen molar-refractivity contribution in [3.8, 4) is 0 Å². The molecule has 0 aliphatic carbocycles. The number of nitrogens with zero attached hydrogens (tertiary/aromatic N) is 1. The average molecular weight is 267 g/mol. The van der Waals surface area contributed by atoms with E-state index in [1.807, 2.05) is 0 Å². The Morgan fingerprint density at radius 3 is 2.55 bits per heavy atom.